The van der Waals surface area contributed by atoms with E-state index in [9.17, 15) is 0 Å². The molecule has 104 valence electrons. The van der Waals surface area contributed by atoms with Crippen molar-refractivity contribution in [1.82, 2.24) is 5.32 Å². The molecule has 1 aromatic rings. The third-order valence-corrected chi connectivity index (χ3v) is 5.02. The topological polar surface area (TPSA) is 30.5 Å². The summed E-state index contributed by atoms with van der Waals surface area (Å²) in [4.78, 5) is 0. The van der Waals surface area contributed by atoms with Crippen molar-refractivity contribution in [3.63, 3.8) is 0 Å². The lowest BCUT2D eigenvalue weighted by Crippen LogP contribution is -2.46. The predicted octanol–water partition coefficient (Wildman–Crippen LogP) is 2.48. The van der Waals surface area contributed by atoms with Gasteiger partial charge >= 0.3 is 0 Å². The Hall–Kier alpha value is -0.870. The fourth-order valence-electron chi connectivity index (χ4n) is 2.87. The van der Waals surface area contributed by atoms with E-state index in [0.29, 0.717) is 12.1 Å². The molecule has 1 aromatic carbocycles. The maximum atomic E-state index is 5.91. The normalized spacial score (nSPS) is 26.4. The summed E-state index contributed by atoms with van der Waals surface area (Å²) in [5, 5.41) is 3.75. The largest absolute Gasteiger partial charge is 0.493 e. The molecule has 3 rings (SSSR count). The van der Waals surface area contributed by atoms with Gasteiger partial charge in [-0.1, -0.05) is 12.1 Å². The average Bonchev–Trinajstić information content (AvgIpc) is 2.47. The SMILES string of the molecule is COc1cccc2c1OCC(NC1CCCSC1)C2. The molecule has 3 nitrogen and oxygen atoms in total. The Kier molecular flexibility index (Phi) is 4.18. The zero-order valence-electron chi connectivity index (χ0n) is 11.4. The third-order valence-electron chi connectivity index (χ3n) is 3.81. The molecule has 0 aliphatic carbocycles. The Morgan fingerprint density at radius 2 is 2.32 bits per heavy atom. The zero-order valence-corrected chi connectivity index (χ0v) is 12.2. The first-order valence-corrected chi connectivity index (χ1v) is 8.15. The fraction of sp³-hybridized carbons (Fsp3) is 0.600. The third kappa shape index (κ3) is 3.00. The molecule has 2 aliphatic heterocycles. The van der Waals surface area contributed by atoms with Gasteiger partial charge < -0.3 is 14.8 Å². The van der Waals surface area contributed by atoms with Crippen molar-refractivity contribution in [2.45, 2.75) is 31.3 Å². The second-order valence-electron chi connectivity index (χ2n) is 5.24. The van der Waals surface area contributed by atoms with Crippen LogP contribution in [0.4, 0.5) is 0 Å². The number of hydrogen-bond acceptors (Lipinski definition) is 4. The molecular weight excluding hydrogens is 258 g/mol. The van der Waals surface area contributed by atoms with Crippen molar-refractivity contribution in [3.8, 4) is 11.5 Å². The molecular formula is C15H21NO2S. The Labute approximate surface area is 119 Å². The predicted molar refractivity (Wildman–Crippen MR) is 79.5 cm³/mol. The van der Waals surface area contributed by atoms with Gasteiger partial charge in [0, 0.05) is 17.8 Å². The van der Waals surface area contributed by atoms with Gasteiger partial charge in [0.15, 0.2) is 11.5 Å². The molecule has 4 heteroatoms. The maximum absolute atomic E-state index is 5.91. The molecule has 2 atom stereocenters. The summed E-state index contributed by atoms with van der Waals surface area (Å²) in [6, 6.07) is 7.23. The van der Waals surface area contributed by atoms with Crippen LogP contribution in [0.25, 0.3) is 0 Å². The lowest BCUT2D eigenvalue weighted by molar-refractivity contribution is 0.217. The summed E-state index contributed by atoms with van der Waals surface area (Å²) < 4.78 is 11.3. The first kappa shape index (κ1) is 13.1. The highest BCUT2D eigenvalue weighted by molar-refractivity contribution is 7.99. The minimum absolute atomic E-state index is 0.434. The Morgan fingerprint density at radius 1 is 1.37 bits per heavy atom. The van der Waals surface area contributed by atoms with Crippen molar-refractivity contribution in [3.05, 3.63) is 23.8 Å². The Morgan fingerprint density at radius 3 is 3.11 bits per heavy atom. The number of thioether (sulfide) groups is 1. The number of para-hydroxylation sites is 1. The van der Waals surface area contributed by atoms with Crippen LogP contribution in [-0.2, 0) is 6.42 Å². The minimum Gasteiger partial charge on any atom is -0.493 e. The standard InChI is InChI=1S/C15H21NO2S/c1-17-14-6-2-4-11-8-13(9-18-15(11)14)16-12-5-3-7-19-10-12/h2,4,6,12-13,16H,3,5,7-10H2,1H3. The van der Waals surface area contributed by atoms with Crippen LogP contribution in [0.1, 0.15) is 18.4 Å². The number of nitrogens with one attached hydrogen (secondary N) is 1. The number of ether oxygens (including phenoxy) is 2. The van der Waals surface area contributed by atoms with Gasteiger partial charge in [-0.25, -0.2) is 0 Å². The monoisotopic (exact) mass is 279 g/mol. The van der Waals surface area contributed by atoms with Crippen LogP contribution in [0, 0.1) is 0 Å². The molecule has 0 saturated carbocycles. The first-order chi connectivity index (χ1) is 9.36. The van der Waals surface area contributed by atoms with Crippen molar-refractivity contribution < 1.29 is 9.47 Å². The second-order valence-corrected chi connectivity index (χ2v) is 6.39. The smallest absolute Gasteiger partial charge is 0.164 e. The second kappa shape index (κ2) is 6.06. The quantitative estimate of drug-likeness (QED) is 0.921. The fourth-order valence-corrected chi connectivity index (χ4v) is 3.95. The van der Waals surface area contributed by atoms with E-state index in [1.807, 2.05) is 12.1 Å². The van der Waals surface area contributed by atoms with Gasteiger partial charge in [0.25, 0.3) is 0 Å². The van der Waals surface area contributed by atoms with E-state index < -0.39 is 0 Å². The molecule has 1 fully saturated rings. The van der Waals surface area contributed by atoms with E-state index in [-0.39, 0.29) is 0 Å². The average molecular weight is 279 g/mol. The Bertz CT molecular complexity index is 432. The lowest BCUT2D eigenvalue weighted by atomic mass is 10.0. The molecule has 0 bridgehead atoms. The van der Waals surface area contributed by atoms with Gasteiger partial charge in [0.05, 0.1) is 7.11 Å². The summed E-state index contributed by atoms with van der Waals surface area (Å²) in [5.74, 6) is 4.34. The molecule has 0 amide bonds. The van der Waals surface area contributed by atoms with Gasteiger partial charge in [-0.3, -0.25) is 0 Å². The Balaban J connectivity index is 1.65. The van der Waals surface area contributed by atoms with E-state index in [1.165, 1.54) is 29.9 Å². The number of benzene rings is 1. The van der Waals surface area contributed by atoms with Gasteiger partial charge in [-0.05, 0) is 36.6 Å². The maximum Gasteiger partial charge on any atom is 0.164 e. The molecule has 2 unspecified atom stereocenters. The number of methoxy groups -OCH3 is 1. The number of rotatable bonds is 3. The molecule has 1 N–H and O–H groups in total. The molecule has 0 radical (unpaired) electrons. The first-order valence-electron chi connectivity index (χ1n) is 6.99. The van der Waals surface area contributed by atoms with Gasteiger partial charge in [0.1, 0.15) is 6.61 Å². The van der Waals surface area contributed by atoms with Crippen LogP contribution in [0.15, 0.2) is 18.2 Å². The van der Waals surface area contributed by atoms with Crippen LogP contribution in [0.2, 0.25) is 0 Å². The molecule has 1 saturated heterocycles. The lowest BCUT2D eigenvalue weighted by Gasteiger charge is -2.32. The van der Waals surface area contributed by atoms with Crippen LogP contribution >= 0.6 is 11.8 Å². The highest BCUT2D eigenvalue weighted by atomic mass is 32.2. The van der Waals surface area contributed by atoms with Gasteiger partial charge in [-0.15, -0.1) is 0 Å². The summed E-state index contributed by atoms with van der Waals surface area (Å²) >= 11 is 2.06. The molecule has 2 aliphatic rings. The van der Waals surface area contributed by atoms with E-state index in [0.717, 1.165) is 24.5 Å². The van der Waals surface area contributed by atoms with E-state index >= 15 is 0 Å². The number of fused-ring (bicyclic) bond motifs is 1. The summed E-state index contributed by atoms with van der Waals surface area (Å²) in [6.45, 7) is 0.745. The van der Waals surface area contributed by atoms with Gasteiger partial charge in [0.2, 0.25) is 0 Å². The van der Waals surface area contributed by atoms with Crippen LogP contribution in [0.5, 0.6) is 11.5 Å². The summed E-state index contributed by atoms with van der Waals surface area (Å²) in [6.07, 6.45) is 3.67. The van der Waals surface area contributed by atoms with Crippen LogP contribution < -0.4 is 14.8 Å². The minimum atomic E-state index is 0.434. The van der Waals surface area contributed by atoms with Crippen LogP contribution in [-0.4, -0.2) is 37.3 Å². The summed E-state index contributed by atoms with van der Waals surface area (Å²) in [5.41, 5.74) is 1.26. The zero-order chi connectivity index (χ0) is 13.1. The number of hydrogen-bond donors (Lipinski definition) is 1. The molecule has 0 spiro atoms. The van der Waals surface area contributed by atoms with E-state index in [2.05, 4.69) is 23.1 Å². The van der Waals surface area contributed by atoms with E-state index in [1.54, 1.807) is 7.11 Å². The molecule has 0 aromatic heterocycles. The molecule has 19 heavy (non-hydrogen) atoms. The highest BCUT2D eigenvalue weighted by Gasteiger charge is 2.25. The van der Waals surface area contributed by atoms with Crippen LogP contribution in [0.3, 0.4) is 0 Å². The van der Waals surface area contributed by atoms with Crippen molar-refractivity contribution in [2.75, 3.05) is 25.2 Å². The van der Waals surface area contributed by atoms with Gasteiger partial charge in [-0.2, -0.15) is 11.8 Å². The highest BCUT2D eigenvalue weighted by Crippen LogP contribution is 2.34. The van der Waals surface area contributed by atoms with Crippen molar-refractivity contribution in [2.24, 2.45) is 0 Å². The molecule has 2 heterocycles. The van der Waals surface area contributed by atoms with Crippen molar-refractivity contribution >= 4 is 11.8 Å². The summed E-state index contributed by atoms with van der Waals surface area (Å²) in [7, 11) is 1.70. The van der Waals surface area contributed by atoms with Crippen molar-refractivity contribution in [1.29, 1.82) is 0 Å². The van der Waals surface area contributed by atoms with E-state index in [4.69, 9.17) is 9.47 Å².